The lowest BCUT2D eigenvalue weighted by molar-refractivity contribution is -0.137. The molecule has 0 fully saturated rings. The molecule has 0 bridgehead atoms. The van der Waals surface area contributed by atoms with Crippen LogP contribution in [0.4, 0.5) is 18.9 Å². The van der Waals surface area contributed by atoms with Crippen molar-refractivity contribution in [1.82, 2.24) is 9.97 Å². The number of amides is 1. The molecule has 0 spiro atoms. The van der Waals surface area contributed by atoms with Crippen LogP contribution in [0.3, 0.4) is 0 Å². The summed E-state index contributed by atoms with van der Waals surface area (Å²) in [5, 5.41) is 2.37. The van der Waals surface area contributed by atoms with E-state index in [-0.39, 0.29) is 12.1 Å². The lowest BCUT2D eigenvalue weighted by atomic mass is 10.1. The summed E-state index contributed by atoms with van der Waals surface area (Å²) < 4.78 is 37.7. The summed E-state index contributed by atoms with van der Waals surface area (Å²) in [6.45, 7) is 0. The summed E-state index contributed by atoms with van der Waals surface area (Å²) in [4.78, 5) is 18.4. The van der Waals surface area contributed by atoms with Gasteiger partial charge in [-0.15, -0.1) is 0 Å². The van der Waals surface area contributed by atoms with E-state index in [1.54, 1.807) is 0 Å². The fraction of sp³-hybridized carbons (Fsp3) is 0.231. The van der Waals surface area contributed by atoms with Gasteiger partial charge in [-0.1, -0.05) is 6.07 Å². The zero-order chi connectivity index (χ0) is 15.5. The molecular weight excluding hydrogens is 285 g/mol. The summed E-state index contributed by atoms with van der Waals surface area (Å²) in [6.07, 6.45) is -1.27. The maximum Gasteiger partial charge on any atom is 0.416 e. The van der Waals surface area contributed by atoms with Crippen LogP contribution in [0, 0.1) is 0 Å². The van der Waals surface area contributed by atoms with E-state index in [2.05, 4.69) is 15.3 Å². The average Bonchev–Trinajstić information content (AvgIpc) is 2.91. The van der Waals surface area contributed by atoms with Crippen molar-refractivity contribution >= 4 is 11.6 Å². The molecule has 21 heavy (non-hydrogen) atoms. The molecule has 1 atom stereocenters. The summed E-state index contributed by atoms with van der Waals surface area (Å²) in [5.74, 6) is -0.566. The Morgan fingerprint density at radius 2 is 2.19 bits per heavy atom. The second-order valence-electron chi connectivity index (χ2n) is 4.46. The summed E-state index contributed by atoms with van der Waals surface area (Å²) >= 11 is 0. The van der Waals surface area contributed by atoms with Crippen LogP contribution in [0.25, 0.3) is 0 Å². The minimum atomic E-state index is -4.46. The van der Waals surface area contributed by atoms with E-state index >= 15 is 0 Å². The minimum Gasteiger partial charge on any atom is -0.348 e. The Bertz CT molecular complexity index is 610. The number of H-pyrrole nitrogens is 1. The number of aromatic nitrogens is 2. The predicted octanol–water partition coefficient (Wildman–Crippen LogP) is 1.94. The number of aromatic amines is 1. The Balaban J connectivity index is 2.02. The van der Waals surface area contributed by atoms with E-state index in [4.69, 9.17) is 5.73 Å². The van der Waals surface area contributed by atoms with Gasteiger partial charge in [0.25, 0.3) is 0 Å². The fourth-order valence-electron chi connectivity index (χ4n) is 1.73. The number of nitrogens with zero attached hydrogens (tertiary/aromatic N) is 1. The number of nitrogens with two attached hydrogens (primary N) is 1. The molecular formula is C13H13F3N4O. The third-order valence-corrected chi connectivity index (χ3v) is 2.79. The molecule has 112 valence electrons. The second-order valence-corrected chi connectivity index (χ2v) is 4.46. The van der Waals surface area contributed by atoms with Gasteiger partial charge in [0.1, 0.15) is 0 Å². The van der Waals surface area contributed by atoms with E-state index in [1.165, 1.54) is 24.7 Å². The molecule has 0 unspecified atom stereocenters. The van der Waals surface area contributed by atoms with Crippen molar-refractivity contribution in [2.75, 3.05) is 5.32 Å². The molecule has 1 aromatic carbocycles. The van der Waals surface area contributed by atoms with Crippen molar-refractivity contribution in [2.45, 2.75) is 18.6 Å². The Kier molecular flexibility index (Phi) is 4.27. The van der Waals surface area contributed by atoms with Crippen molar-refractivity contribution in [3.63, 3.8) is 0 Å². The minimum absolute atomic E-state index is 0.0508. The van der Waals surface area contributed by atoms with Gasteiger partial charge in [0.2, 0.25) is 5.91 Å². The SMILES string of the molecule is N[C@@H](Cc1cnc[nH]1)C(=O)Nc1cccc(C(F)(F)F)c1. The van der Waals surface area contributed by atoms with Gasteiger partial charge in [0, 0.05) is 24.0 Å². The molecule has 8 heteroatoms. The number of carbonyl (C=O) groups is 1. The fourth-order valence-corrected chi connectivity index (χ4v) is 1.73. The normalized spacial score (nSPS) is 13.0. The molecule has 2 aromatic rings. The third-order valence-electron chi connectivity index (χ3n) is 2.79. The Hall–Kier alpha value is -2.35. The third kappa shape index (κ3) is 4.06. The Morgan fingerprint density at radius 1 is 1.43 bits per heavy atom. The number of imidazole rings is 1. The number of benzene rings is 1. The molecule has 0 aliphatic rings. The molecule has 0 saturated heterocycles. The molecule has 1 heterocycles. The highest BCUT2D eigenvalue weighted by molar-refractivity contribution is 5.94. The van der Waals surface area contributed by atoms with E-state index in [1.807, 2.05) is 0 Å². The Morgan fingerprint density at radius 3 is 2.81 bits per heavy atom. The van der Waals surface area contributed by atoms with Crippen molar-refractivity contribution in [3.8, 4) is 0 Å². The lowest BCUT2D eigenvalue weighted by Crippen LogP contribution is -2.37. The van der Waals surface area contributed by atoms with Gasteiger partial charge in [-0.2, -0.15) is 13.2 Å². The molecule has 5 nitrogen and oxygen atoms in total. The molecule has 1 amide bonds. The summed E-state index contributed by atoms with van der Waals surface area (Å²) in [6, 6.07) is 3.50. The van der Waals surface area contributed by atoms with Crippen molar-refractivity contribution < 1.29 is 18.0 Å². The van der Waals surface area contributed by atoms with E-state index in [0.29, 0.717) is 5.69 Å². The molecule has 1 aromatic heterocycles. The van der Waals surface area contributed by atoms with Crippen molar-refractivity contribution in [1.29, 1.82) is 0 Å². The number of alkyl halides is 3. The number of hydrogen-bond donors (Lipinski definition) is 3. The van der Waals surface area contributed by atoms with Crippen LogP contribution < -0.4 is 11.1 Å². The first-order chi connectivity index (χ1) is 9.86. The number of halogens is 3. The molecule has 0 radical (unpaired) electrons. The molecule has 0 saturated carbocycles. The zero-order valence-corrected chi connectivity index (χ0v) is 10.8. The molecule has 0 aliphatic heterocycles. The smallest absolute Gasteiger partial charge is 0.348 e. The quantitative estimate of drug-likeness (QED) is 0.806. The van der Waals surface area contributed by atoms with E-state index in [9.17, 15) is 18.0 Å². The first kappa shape index (κ1) is 15.0. The highest BCUT2D eigenvalue weighted by Crippen LogP contribution is 2.30. The van der Waals surface area contributed by atoms with Gasteiger partial charge in [0.05, 0.1) is 17.9 Å². The van der Waals surface area contributed by atoms with E-state index in [0.717, 1.165) is 12.1 Å². The Labute approximate surface area is 118 Å². The highest BCUT2D eigenvalue weighted by atomic mass is 19.4. The van der Waals surface area contributed by atoms with Crippen molar-refractivity contribution in [2.24, 2.45) is 5.73 Å². The maximum atomic E-state index is 12.6. The molecule has 2 rings (SSSR count). The van der Waals surface area contributed by atoms with Crippen LogP contribution in [0.15, 0.2) is 36.8 Å². The second kappa shape index (κ2) is 5.96. The zero-order valence-electron chi connectivity index (χ0n) is 10.8. The number of carbonyl (C=O) groups excluding carboxylic acids is 1. The number of anilines is 1. The molecule has 0 aliphatic carbocycles. The first-order valence-corrected chi connectivity index (χ1v) is 6.07. The monoisotopic (exact) mass is 298 g/mol. The van der Waals surface area contributed by atoms with Crippen LogP contribution in [0.1, 0.15) is 11.3 Å². The van der Waals surface area contributed by atoms with Crippen LogP contribution in [0.2, 0.25) is 0 Å². The van der Waals surface area contributed by atoms with Gasteiger partial charge in [-0.3, -0.25) is 4.79 Å². The maximum absolute atomic E-state index is 12.6. The van der Waals surface area contributed by atoms with Gasteiger partial charge in [-0.05, 0) is 18.2 Å². The van der Waals surface area contributed by atoms with Gasteiger partial charge < -0.3 is 16.0 Å². The van der Waals surface area contributed by atoms with Gasteiger partial charge in [0.15, 0.2) is 0 Å². The van der Waals surface area contributed by atoms with E-state index < -0.39 is 23.7 Å². The summed E-state index contributed by atoms with van der Waals surface area (Å²) in [5.41, 5.74) is 5.59. The lowest BCUT2D eigenvalue weighted by Gasteiger charge is -2.13. The van der Waals surface area contributed by atoms with Gasteiger partial charge in [-0.25, -0.2) is 4.98 Å². The topological polar surface area (TPSA) is 83.8 Å². The van der Waals surface area contributed by atoms with Crippen LogP contribution >= 0.6 is 0 Å². The predicted molar refractivity (Wildman–Crippen MR) is 70.3 cm³/mol. The highest BCUT2D eigenvalue weighted by Gasteiger charge is 2.30. The van der Waals surface area contributed by atoms with Gasteiger partial charge >= 0.3 is 6.18 Å². The number of nitrogens with one attached hydrogen (secondary N) is 2. The first-order valence-electron chi connectivity index (χ1n) is 6.07. The number of rotatable bonds is 4. The molecule has 4 N–H and O–H groups in total. The summed E-state index contributed by atoms with van der Waals surface area (Å²) in [7, 11) is 0. The van der Waals surface area contributed by atoms with Crippen LogP contribution in [-0.2, 0) is 17.4 Å². The van der Waals surface area contributed by atoms with Crippen LogP contribution in [0.5, 0.6) is 0 Å². The standard InChI is InChI=1S/C13H13F3N4O/c14-13(15,16)8-2-1-3-9(4-8)20-12(21)11(17)5-10-6-18-7-19-10/h1-4,6-7,11H,5,17H2,(H,18,19)(H,20,21)/t11-/m0/s1. The largest absolute Gasteiger partial charge is 0.416 e. The van der Waals surface area contributed by atoms with Crippen LogP contribution in [-0.4, -0.2) is 21.9 Å². The average molecular weight is 298 g/mol. The number of hydrogen-bond acceptors (Lipinski definition) is 3. The van der Waals surface area contributed by atoms with Crippen molar-refractivity contribution in [3.05, 3.63) is 48.0 Å².